The summed E-state index contributed by atoms with van der Waals surface area (Å²) in [5.41, 5.74) is 2.04. The number of carbonyl (C=O) groups excluding carboxylic acids is 1. The van der Waals surface area contributed by atoms with Crippen molar-refractivity contribution in [3.63, 3.8) is 0 Å². The van der Waals surface area contributed by atoms with Gasteiger partial charge in [-0.25, -0.2) is 9.37 Å². The molecule has 0 aliphatic rings. The minimum atomic E-state index is -0.416. The van der Waals surface area contributed by atoms with Crippen LogP contribution in [0.1, 0.15) is 16.1 Å². The molecule has 0 spiro atoms. The number of hydrogen-bond acceptors (Lipinski definition) is 5. The second-order valence-electron chi connectivity index (χ2n) is 6.74. The Morgan fingerprint density at radius 1 is 1.09 bits per heavy atom. The van der Waals surface area contributed by atoms with Crippen LogP contribution < -0.4 is 14.8 Å². The van der Waals surface area contributed by atoms with Crippen molar-refractivity contribution < 1.29 is 18.7 Å². The summed E-state index contributed by atoms with van der Waals surface area (Å²) < 4.78 is 24.8. The molecule has 4 aromatic rings. The molecule has 162 valence electrons. The second kappa shape index (κ2) is 9.80. The minimum Gasteiger partial charge on any atom is -0.497 e. The largest absolute Gasteiger partial charge is 0.497 e. The van der Waals surface area contributed by atoms with E-state index in [1.54, 1.807) is 61.0 Å². The Kier molecular flexibility index (Phi) is 6.68. The molecule has 1 heterocycles. The first kappa shape index (κ1) is 21.8. The Bertz CT molecular complexity index is 1220. The summed E-state index contributed by atoms with van der Waals surface area (Å²) in [6.07, 6.45) is 0. The quantitative estimate of drug-likeness (QED) is 0.339. The van der Waals surface area contributed by atoms with Gasteiger partial charge in [0.1, 0.15) is 34.6 Å². The summed E-state index contributed by atoms with van der Waals surface area (Å²) in [6.45, 7) is 0.00233. The Morgan fingerprint density at radius 3 is 2.62 bits per heavy atom. The Balaban J connectivity index is 1.45. The molecule has 0 saturated carbocycles. The fourth-order valence-corrected chi connectivity index (χ4v) is 3.94. The first-order valence-corrected chi connectivity index (χ1v) is 10.9. The maximum absolute atomic E-state index is 14.0. The lowest BCUT2D eigenvalue weighted by atomic mass is 10.2. The molecule has 32 heavy (non-hydrogen) atoms. The van der Waals surface area contributed by atoms with Crippen molar-refractivity contribution in [2.75, 3.05) is 12.4 Å². The fraction of sp³-hybridized carbons (Fsp3) is 0.0833. The molecule has 0 unspecified atom stereocenters. The van der Waals surface area contributed by atoms with E-state index in [1.807, 2.05) is 12.1 Å². The lowest BCUT2D eigenvalue weighted by Crippen LogP contribution is -2.12. The summed E-state index contributed by atoms with van der Waals surface area (Å²) >= 11 is 7.40. The minimum absolute atomic E-state index is 0.00233. The number of carbonyl (C=O) groups is 1. The van der Waals surface area contributed by atoms with Crippen LogP contribution in [0.4, 0.5) is 10.1 Å². The third kappa shape index (κ3) is 5.07. The van der Waals surface area contributed by atoms with Gasteiger partial charge in [0, 0.05) is 22.2 Å². The highest BCUT2D eigenvalue weighted by Gasteiger charge is 2.13. The van der Waals surface area contributed by atoms with Crippen LogP contribution in [0.15, 0.2) is 72.1 Å². The maximum Gasteiger partial charge on any atom is 0.275 e. The molecule has 0 aliphatic heterocycles. The van der Waals surface area contributed by atoms with E-state index in [2.05, 4.69) is 10.3 Å². The van der Waals surface area contributed by atoms with Crippen molar-refractivity contribution in [1.82, 2.24) is 4.98 Å². The monoisotopic (exact) mass is 468 g/mol. The van der Waals surface area contributed by atoms with Gasteiger partial charge in [-0.3, -0.25) is 4.79 Å². The number of amides is 1. The lowest BCUT2D eigenvalue weighted by molar-refractivity contribution is 0.102. The van der Waals surface area contributed by atoms with Gasteiger partial charge in [-0.15, -0.1) is 11.3 Å². The van der Waals surface area contributed by atoms with Gasteiger partial charge in [0.05, 0.1) is 12.1 Å². The van der Waals surface area contributed by atoms with Gasteiger partial charge in [-0.1, -0.05) is 29.8 Å². The van der Waals surface area contributed by atoms with Crippen LogP contribution in [0.3, 0.4) is 0 Å². The summed E-state index contributed by atoms with van der Waals surface area (Å²) in [4.78, 5) is 17.0. The standard InChI is InChI=1S/C24H18ClFN2O3S/c1-30-17-10-8-16(9-11-17)27-23(29)22-14-32-24(28-22)15-4-2-5-18(12-15)31-13-19-20(25)6-3-7-21(19)26/h2-12,14H,13H2,1H3,(H,27,29). The molecule has 0 bridgehead atoms. The van der Waals surface area contributed by atoms with Crippen molar-refractivity contribution in [3.05, 3.63) is 94.2 Å². The van der Waals surface area contributed by atoms with Gasteiger partial charge in [0.25, 0.3) is 5.91 Å². The summed E-state index contributed by atoms with van der Waals surface area (Å²) in [7, 11) is 1.58. The molecule has 8 heteroatoms. The molecule has 3 aromatic carbocycles. The maximum atomic E-state index is 14.0. The van der Waals surface area contributed by atoms with E-state index in [-0.39, 0.29) is 12.5 Å². The van der Waals surface area contributed by atoms with E-state index in [4.69, 9.17) is 21.1 Å². The molecule has 0 aliphatic carbocycles. The number of benzene rings is 3. The molecule has 0 saturated heterocycles. The third-order valence-electron chi connectivity index (χ3n) is 4.61. The van der Waals surface area contributed by atoms with Crippen LogP contribution in [0.5, 0.6) is 11.5 Å². The van der Waals surface area contributed by atoms with E-state index in [0.717, 1.165) is 5.56 Å². The van der Waals surface area contributed by atoms with Gasteiger partial charge < -0.3 is 14.8 Å². The number of rotatable bonds is 7. The number of aromatic nitrogens is 1. The molecule has 1 N–H and O–H groups in total. The van der Waals surface area contributed by atoms with Crippen LogP contribution >= 0.6 is 22.9 Å². The Labute approximate surface area is 193 Å². The topological polar surface area (TPSA) is 60.5 Å². The van der Waals surface area contributed by atoms with Crippen molar-refractivity contribution in [1.29, 1.82) is 0 Å². The zero-order valence-electron chi connectivity index (χ0n) is 17.0. The van der Waals surface area contributed by atoms with Gasteiger partial charge in [-0.2, -0.15) is 0 Å². The molecular formula is C24H18ClFN2O3S. The van der Waals surface area contributed by atoms with Crippen LogP contribution in [-0.2, 0) is 6.61 Å². The number of nitrogens with one attached hydrogen (secondary N) is 1. The first-order chi connectivity index (χ1) is 15.5. The zero-order valence-corrected chi connectivity index (χ0v) is 18.5. The number of hydrogen-bond donors (Lipinski definition) is 1. The molecular weight excluding hydrogens is 451 g/mol. The van der Waals surface area contributed by atoms with E-state index < -0.39 is 5.82 Å². The molecule has 0 radical (unpaired) electrons. The SMILES string of the molecule is COc1ccc(NC(=O)c2csc(-c3cccc(OCc4c(F)cccc4Cl)c3)n2)cc1. The highest BCUT2D eigenvalue weighted by atomic mass is 35.5. The van der Waals surface area contributed by atoms with Crippen molar-refractivity contribution >= 4 is 34.5 Å². The Morgan fingerprint density at radius 2 is 1.88 bits per heavy atom. The fourth-order valence-electron chi connectivity index (χ4n) is 2.92. The number of nitrogens with zero attached hydrogens (tertiary/aromatic N) is 1. The molecule has 1 aromatic heterocycles. The predicted molar refractivity (Wildman–Crippen MR) is 124 cm³/mol. The van der Waals surface area contributed by atoms with E-state index in [1.165, 1.54) is 17.4 Å². The zero-order chi connectivity index (χ0) is 22.5. The van der Waals surface area contributed by atoms with Crippen molar-refractivity contribution in [2.24, 2.45) is 0 Å². The van der Waals surface area contributed by atoms with E-state index >= 15 is 0 Å². The van der Waals surface area contributed by atoms with Crippen LogP contribution in [0.25, 0.3) is 10.6 Å². The molecule has 0 atom stereocenters. The van der Waals surface area contributed by atoms with Gasteiger partial charge >= 0.3 is 0 Å². The smallest absolute Gasteiger partial charge is 0.275 e. The van der Waals surface area contributed by atoms with Gasteiger partial charge in [0.2, 0.25) is 0 Å². The summed E-state index contributed by atoms with van der Waals surface area (Å²) in [5, 5.41) is 5.49. The summed E-state index contributed by atoms with van der Waals surface area (Å²) in [6, 6.07) is 18.8. The average Bonchev–Trinajstić information content (AvgIpc) is 3.30. The highest BCUT2D eigenvalue weighted by Crippen LogP contribution is 2.28. The number of halogens is 2. The number of methoxy groups -OCH3 is 1. The molecule has 5 nitrogen and oxygen atoms in total. The predicted octanol–water partition coefficient (Wildman–Crippen LogP) is 6.44. The molecule has 0 fully saturated rings. The van der Waals surface area contributed by atoms with Gasteiger partial charge in [-0.05, 0) is 48.5 Å². The first-order valence-electron chi connectivity index (χ1n) is 9.60. The Hall–Kier alpha value is -3.42. The number of ether oxygens (including phenoxy) is 2. The second-order valence-corrected chi connectivity index (χ2v) is 8.00. The molecule has 4 rings (SSSR count). The van der Waals surface area contributed by atoms with Crippen LogP contribution in [-0.4, -0.2) is 18.0 Å². The molecule has 1 amide bonds. The van der Waals surface area contributed by atoms with E-state index in [9.17, 15) is 9.18 Å². The van der Waals surface area contributed by atoms with Crippen LogP contribution in [0.2, 0.25) is 5.02 Å². The van der Waals surface area contributed by atoms with Gasteiger partial charge in [0.15, 0.2) is 0 Å². The lowest BCUT2D eigenvalue weighted by Gasteiger charge is -2.09. The number of thiazole rings is 1. The third-order valence-corrected chi connectivity index (χ3v) is 5.86. The number of anilines is 1. The van der Waals surface area contributed by atoms with Crippen LogP contribution in [0, 0.1) is 5.82 Å². The van der Waals surface area contributed by atoms with Crippen molar-refractivity contribution in [2.45, 2.75) is 6.61 Å². The van der Waals surface area contributed by atoms with Crippen molar-refractivity contribution in [3.8, 4) is 22.1 Å². The summed E-state index contributed by atoms with van der Waals surface area (Å²) in [5.74, 6) is 0.528. The average molecular weight is 469 g/mol. The highest BCUT2D eigenvalue weighted by molar-refractivity contribution is 7.13. The normalized spacial score (nSPS) is 10.6. The van der Waals surface area contributed by atoms with E-state index in [0.29, 0.717) is 38.5 Å².